The molecule has 3 nitrogen and oxygen atoms in total. The predicted molar refractivity (Wildman–Crippen MR) is 92.5 cm³/mol. The van der Waals surface area contributed by atoms with Gasteiger partial charge in [-0.1, -0.05) is 32.6 Å². The van der Waals surface area contributed by atoms with Gasteiger partial charge in [0.2, 0.25) is 0 Å². The van der Waals surface area contributed by atoms with Crippen molar-refractivity contribution in [3.63, 3.8) is 0 Å². The molecule has 120 valence electrons. The van der Waals surface area contributed by atoms with E-state index in [1.54, 1.807) is 0 Å². The van der Waals surface area contributed by atoms with Gasteiger partial charge in [-0.2, -0.15) is 5.10 Å². The molecule has 0 spiro atoms. The van der Waals surface area contributed by atoms with Crippen molar-refractivity contribution in [2.24, 2.45) is 5.92 Å². The van der Waals surface area contributed by atoms with Gasteiger partial charge in [-0.05, 0) is 55.0 Å². The van der Waals surface area contributed by atoms with Crippen LogP contribution in [0.2, 0.25) is 0 Å². The summed E-state index contributed by atoms with van der Waals surface area (Å²) < 4.78 is 3.34. The van der Waals surface area contributed by atoms with Gasteiger partial charge in [0.05, 0.1) is 15.9 Å². The summed E-state index contributed by atoms with van der Waals surface area (Å²) in [4.78, 5) is 0. The summed E-state index contributed by atoms with van der Waals surface area (Å²) in [6, 6.07) is 0.597. The first-order valence-corrected chi connectivity index (χ1v) is 9.44. The molecule has 21 heavy (non-hydrogen) atoms. The molecule has 1 N–H and O–H groups in total. The highest BCUT2D eigenvalue weighted by molar-refractivity contribution is 9.10. The van der Waals surface area contributed by atoms with Crippen LogP contribution in [-0.2, 0) is 19.5 Å². The lowest BCUT2D eigenvalue weighted by Crippen LogP contribution is -2.33. The third kappa shape index (κ3) is 4.32. The van der Waals surface area contributed by atoms with Crippen LogP contribution in [0.4, 0.5) is 0 Å². The van der Waals surface area contributed by atoms with E-state index in [4.69, 9.17) is 0 Å². The molecule has 0 radical (unpaired) electrons. The fourth-order valence-corrected chi connectivity index (χ4v) is 4.13. The smallest absolute Gasteiger partial charge is 0.0767 e. The fourth-order valence-electron chi connectivity index (χ4n) is 3.42. The van der Waals surface area contributed by atoms with Crippen LogP contribution in [0.3, 0.4) is 0 Å². The van der Waals surface area contributed by atoms with Crippen molar-refractivity contribution >= 4 is 15.9 Å². The van der Waals surface area contributed by atoms with Crippen LogP contribution in [0.5, 0.6) is 0 Å². The first kappa shape index (κ1) is 17.0. The van der Waals surface area contributed by atoms with E-state index in [0.717, 1.165) is 25.4 Å². The predicted octanol–water partition coefficient (Wildman–Crippen LogP) is 4.68. The van der Waals surface area contributed by atoms with E-state index in [0.29, 0.717) is 6.04 Å². The third-order valence-corrected chi connectivity index (χ3v) is 5.81. The number of nitrogens with zero attached hydrogens (tertiary/aromatic N) is 2. The van der Waals surface area contributed by atoms with Crippen LogP contribution in [-0.4, -0.2) is 15.8 Å². The van der Waals surface area contributed by atoms with E-state index >= 15 is 0 Å². The normalized spacial score (nSPS) is 18.7. The van der Waals surface area contributed by atoms with Crippen LogP contribution >= 0.6 is 15.9 Å². The number of nitrogens with one attached hydrogen (secondary N) is 1. The van der Waals surface area contributed by atoms with E-state index in [1.807, 2.05) is 0 Å². The highest BCUT2D eigenvalue weighted by Crippen LogP contribution is 2.26. The van der Waals surface area contributed by atoms with Crippen molar-refractivity contribution in [2.45, 2.75) is 84.8 Å². The van der Waals surface area contributed by atoms with Gasteiger partial charge in [0.1, 0.15) is 0 Å². The first-order valence-electron chi connectivity index (χ1n) is 8.64. The molecule has 0 bridgehead atoms. The van der Waals surface area contributed by atoms with Crippen molar-refractivity contribution in [2.75, 3.05) is 0 Å². The van der Waals surface area contributed by atoms with E-state index in [2.05, 4.69) is 51.8 Å². The number of aromatic nitrogens is 2. The Hall–Kier alpha value is -0.350. The lowest BCUT2D eigenvalue weighted by molar-refractivity contribution is 0.333. The Morgan fingerprint density at radius 3 is 2.48 bits per heavy atom. The Balaban J connectivity index is 1.96. The summed E-state index contributed by atoms with van der Waals surface area (Å²) in [7, 11) is 0. The minimum atomic E-state index is 0.597. The first-order chi connectivity index (χ1) is 10.2. The fraction of sp³-hybridized carbons (Fsp3) is 0.824. The molecule has 1 aromatic rings. The second kappa shape index (κ2) is 8.33. The van der Waals surface area contributed by atoms with E-state index in [1.165, 1.54) is 54.4 Å². The molecule has 0 unspecified atom stereocenters. The molecule has 1 atom stereocenters. The molecule has 0 saturated heterocycles. The van der Waals surface area contributed by atoms with Crippen LogP contribution in [0.1, 0.15) is 70.7 Å². The van der Waals surface area contributed by atoms with Gasteiger partial charge in [0, 0.05) is 19.1 Å². The monoisotopic (exact) mass is 355 g/mol. The third-order valence-electron chi connectivity index (χ3n) is 4.89. The molecular formula is C17H30BrN3. The molecule has 1 aliphatic rings. The zero-order valence-corrected chi connectivity index (χ0v) is 15.4. The lowest BCUT2D eigenvalue weighted by atomic mass is 9.93. The molecule has 0 aliphatic heterocycles. The minimum Gasteiger partial charge on any atom is -0.308 e. The maximum atomic E-state index is 4.68. The van der Waals surface area contributed by atoms with Gasteiger partial charge in [0.15, 0.2) is 0 Å². The van der Waals surface area contributed by atoms with Gasteiger partial charge in [-0.25, -0.2) is 0 Å². The summed E-state index contributed by atoms with van der Waals surface area (Å²) in [6.45, 7) is 8.54. The van der Waals surface area contributed by atoms with Gasteiger partial charge < -0.3 is 5.32 Å². The van der Waals surface area contributed by atoms with E-state index in [9.17, 15) is 0 Å². The molecule has 1 saturated carbocycles. The Morgan fingerprint density at radius 1 is 1.24 bits per heavy atom. The standard InChI is InChI=1S/C17H30BrN3/c1-4-15-17(18)16(21(5-2)20-15)12-19-13(3)14-10-8-6-7-9-11-14/h13-14,19H,4-12H2,1-3H3/t13-/m0/s1. The molecule has 0 aromatic carbocycles. The number of halogens is 1. The van der Waals surface area contributed by atoms with Gasteiger partial charge in [-0.15, -0.1) is 0 Å². The molecule has 1 aliphatic carbocycles. The summed E-state index contributed by atoms with van der Waals surface area (Å²) in [6.07, 6.45) is 9.44. The van der Waals surface area contributed by atoms with E-state index < -0.39 is 0 Å². The topological polar surface area (TPSA) is 29.9 Å². The largest absolute Gasteiger partial charge is 0.308 e. The maximum absolute atomic E-state index is 4.68. The highest BCUT2D eigenvalue weighted by atomic mass is 79.9. The van der Waals surface area contributed by atoms with Crippen molar-refractivity contribution in [1.82, 2.24) is 15.1 Å². The maximum Gasteiger partial charge on any atom is 0.0767 e. The van der Waals surface area contributed by atoms with Crippen LogP contribution in [0, 0.1) is 5.92 Å². The zero-order chi connectivity index (χ0) is 15.2. The Labute approximate surface area is 138 Å². The second-order valence-electron chi connectivity index (χ2n) is 6.30. The SMILES string of the molecule is CCc1nn(CC)c(CN[C@@H](C)C2CCCCCC2)c1Br. The second-order valence-corrected chi connectivity index (χ2v) is 7.09. The molecule has 1 fully saturated rings. The highest BCUT2D eigenvalue weighted by Gasteiger charge is 2.20. The molecule has 2 rings (SSSR count). The van der Waals surface area contributed by atoms with Gasteiger partial charge in [0.25, 0.3) is 0 Å². The molecule has 0 amide bonds. The number of hydrogen-bond donors (Lipinski definition) is 1. The van der Waals surface area contributed by atoms with Gasteiger partial charge in [-0.3, -0.25) is 4.68 Å². The minimum absolute atomic E-state index is 0.597. The van der Waals surface area contributed by atoms with Gasteiger partial charge >= 0.3 is 0 Å². The Morgan fingerprint density at radius 2 is 1.90 bits per heavy atom. The average Bonchev–Trinajstić information content (AvgIpc) is 2.69. The Bertz CT molecular complexity index is 433. The lowest BCUT2D eigenvalue weighted by Gasteiger charge is -2.24. The van der Waals surface area contributed by atoms with Crippen molar-refractivity contribution < 1.29 is 0 Å². The summed E-state index contributed by atoms with van der Waals surface area (Å²) in [5.74, 6) is 0.843. The zero-order valence-electron chi connectivity index (χ0n) is 13.8. The van der Waals surface area contributed by atoms with Crippen LogP contribution in [0.15, 0.2) is 4.47 Å². The summed E-state index contributed by atoms with van der Waals surface area (Å²) in [5.41, 5.74) is 2.48. The van der Waals surface area contributed by atoms with Crippen molar-refractivity contribution in [1.29, 1.82) is 0 Å². The number of aryl methyl sites for hydroxylation is 2. The number of hydrogen-bond acceptors (Lipinski definition) is 2. The van der Waals surface area contributed by atoms with Crippen LogP contribution in [0.25, 0.3) is 0 Å². The molecule has 1 aromatic heterocycles. The van der Waals surface area contributed by atoms with Crippen LogP contribution < -0.4 is 5.32 Å². The molecular weight excluding hydrogens is 326 g/mol. The molecule has 4 heteroatoms. The summed E-state index contributed by atoms with van der Waals surface area (Å²) in [5, 5.41) is 8.44. The quantitative estimate of drug-likeness (QED) is 0.751. The summed E-state index contributed by atoms with van der Waals surface area (Å²) >= 11 is 3.74. The van der Waals surface area contributed by atoms with Crippen molar-refractivity contribution in [3.8, 4) is 0 Å². The average molecular weight is 356 g/mol. The number of rotatable bonds is 6. The molecule has 1 heterocycles. The van der Waals surface area contributed by atoms with E-state index in [-0.39, 0.29) is 0 Å². The van der Waals surface area contributed by atoms with Crippen molar-refractivity contribution in [3.05, 3.63) is 15.9 Å². The Kier molecular flexibility index (Phi) is 6.74.